The molecule has 0 spiro atoms. The van der Waals surface area contributed by atoms with E-state index in [2.05, 4.69) is 6.92 Å². The Morgan fingerprint density at radius 3 is 3.08 bits per heavy atom. The van der Waals surface area contributed by atoms with Crippen molar-refractivity contribution in [3.8, 4) is 0 Å². The average Bonchev–Trinajstić information content (AvgIpc) is 2.28. The number of carbonyl (C=O) groups excluding carboxylic acids is 1. The largest absolute Gasteiger partial charge is 0.491 e. The van der Waals surface area contributed by atoms with Crippen LogP contribution in [-0.4, -0.2) is 11.9 Å². The molecule has 0 aliphatic carbocycles. The number of carbonyl (C=O) groups is 1. The summed E-state index contributed by atoms with van der Waals surface area (Å²) in [6.45, 7) is 4.07. The van der Waals surface area contributed by atoms with Crippen molar-refractivity contribution >= 4 is 6.29 Å². The van der Waals surface area contributed by atoms with Crippen LogP contribution in [0.4, 0.5) is 0 Å². The van der Waals surface area contributed by atoms with Crippen molar-refractivity contribution in [2.45, 2.75) is 32.3 Å². The number of hydrogen-bond donors (Lipinski definition) is 0. The van der Waals surface area contributed by atoms with Gasteiger partial charge in [0.25, 0.3) is 0 Å². The molecule has 0 saturated heterocycles. The summed E-state index contributed by atoms with van der Waals surface area (Å²) in [5, 5.41) is 0. The van der Waals surface area contributed by atoms with Crippen molar-refractivity contribution in [1.82, 2.24) is 0 Å². The third kappa shape index (κ3) is 1.97. The molecule has 1 heterocycles. The Morgan fingerprint density at radius 2 is 2.50 bits per heavy atom. The molecule has 2 nitrogen and oxygen atoms in total. The summed E-state index contributed by atoms with van der Waals surface area (Å²) < 4.78 is 5.46. The first kappa shape index (κ1) is 9.04. The second-order valence-electron chi connectivity index (χ2n) is 3.20. The zero-order chi connectivity index (χ0) is 9.03. The molecule has 0 amide bonds. The van der Waals surface area contributed by atoms with Crippen LogP contribution < -0.4 is 0 Å². The van der Waals surface area contributed by atoms with Gasteiger partial charge in [-0.3, -0.25) is 4.79 Å². The predicted molar refractivity (Wildman–Crippen MR) is 47.7 cm³/mol. The second kappa shape index (κ2) is 3.57. The van der Waals surface area contributed by atoms with Gasteiger partial charge in [0, 0.05) is 5.57 Å². The highest BCUT2D eigenvalue weighted by Gasteiger charge is 2.20. The molecule has 66 valence electrons. The first-order chi connectivity index (χ1) is 5.70. The summed E-state index contributed by atoms with van der Waals surface area (Å²) in [6, 6.07) is 0. The van der Waals surface area contributed by atoms with E-state index in [0.717, 1.165) is 12.7 Å². The van der Waals surface area contributed by atoms with Crippen LogP contribution in [0.5, 0.6) is 0 Å². The molecule has 12 heavy (non-hydrogen) atoms. The van der Waals surface area contributed by atoms with Gasteiger partial charge < -0.3 is 4.74 Å². The van der Waals surface area contributed by atoms with Crippen LogP contribution in [0.25, 0.3) is 0 Å². The van der Waals surface area contributed by atoms with Gasteiger partial charge in [-0.1, -0.05) is 13.0 Å². The van der Waals surface area contributed by atoms with Gasteiger partial charge in [-0.2, -0.15) is 0 Å². The van der Waals surface area contributed by atoms with Crippen LogP contribution in [-0.2, 0) is 9.53 Å². The summed E-state index contributed by atoms with van der Waals surface area (Å²) in [4.78, 5) is 10.4. The fraction of sp³-hybridized carbons (Fsp3) is 0.500. The molecular weight excluding hydrogens is 152 g/mol. The maximum atomic E-state index is 10.4. The minimum absolute atomic E-state index is 0.231. The molecule has 0 unspecified atom stereocenters. The van der Waals surface area contributed by atoms with Gasteiger partial charge in [0.15, 0.2) is 0 Å². The van der Waals surface area contributed by atoms with Crippen LogP contribution in [0.15, 0.2) is 24.0 Å². The molecule has 0 bridgehead atoms. The number of ether oxygens (including phenoxy) is 1. The lowest BCUT2D eigenvalue weighted by molar-refractivity contribution is -0.105. The van der Waals surface area contributed by atoms with Crippen molar-refractivity contribution in [2.75, 3.05) is 0 Å². The van der Waals surface area contributed by atoms with E-state index in [1.54, 1.807) is 6.26 Å². The maximum absolute atomic E-state index is 10.4. The average molecular weight is 166 g/mol. The van der Waals surface area contributed by atoms with Crippen molar-refractivity contribution in [3.05, 3.63) is 24.0 Å². The first-order valence-electron chi connectivity index (χ1n) is 4.20. The van der Waals surface area contributed by atoms with Crippen LogP contribution in [0.1, 0.15) is 26.7 Å². The molecule has 0 aromatic carbocycles. The SMILES string of the molecule is CC[C@]1(C)C=CCC(C=O)=CO1. The van der Waals surface area contributed by atoms with Crippen molar-refractivity contribution in [3.63, 3.8) is 0 Å². The van der Waals surface area contributed by atoms with Gasteiger partial charge in [-0.25, -0.2) is 0 Å². The summed E-state index contributed by atoms with van der Waals surface area (Å²) in [5.74, 6) is 0. The fourth-order valence-corrected chi connectivity index (χ4v) is 1.02. The normalized spacial score (nSPS) is 28.7. The van der Waals surface area contributed by atoms with Gasteiger partial charge in [0.2, 0.25) is 0 Å². The van der Waals surface area contributed by atoms with Gasteiger partial charge in [-0.05, 0) is 25.8 Å². The molecule has 1 aliphatic rings. The van der Waals surface area contributed by atoms with E-state index in [-0.39, 0.29) is 5.60 Å². The lowest BCUT2D eigenvalue weighted by Crippen LogP contribution is -2.21. The molecule has 1 atom stereocenters. The fourth-order valence-electron chi connectivity index (χ4n) is 1.02. The van der Waals surface area contributed by atoms with Gasteiger partial charge in [0.1, 0.15) is 11.9 Å². The summed E-state index contributed by atoms with van der Waals surface area (Å²) in [7, 11) is 0. The highest BCUT2D eigenvalue weighted by molar-refractivity contribution is 5.73. The van der Waals surface area contributed by atoms with E-state index in [1.165, 1.54) is 0 Å². The van der Waals surface area contributed by atoms with Crippen LogP contribution >= 0.6 is 0 Å². The number of allylic oxidation sites excluding steroid dienone is 2. The monoisotopic (exact) mass is 166 g/mol. The minimum Gasteiger partial charge on any atom is -0.491 e. The van der Waals surface area contributed by atoms with Gasteiger partial charge >= 0.3 is 0 Å². The highest BCUT2D eigenvalue weighted by atomic mass is 16.5. The third-order valence-corrected chi connectivity index (χ3v) is 2.16. The summed E-state index contributed by atoms with van der Waals surface area (Å²) >= 11 is 0. The Bertz CT molecular complexity index is 228. The van der Waals surface area contributed by atoms with Gasteiger partial charge in [-0.15, -0.1) is 0 Å². The van der Waals surface area contributed by atoms with Crippen LogP contribution in [0.3, 0.4) is 0 Å². The van der Waals surface area contributed by atoms with Crippen molar-refractivity contribution in [1.29, 1.82) is 0 Å². The Morgan fingerprint density at radius 1 is 1.75 bits per heavy atom. The van der Waals surface area contributed by atoms with E-state index >= 15 is 0 Å². The molecule has 1 aliphatic heterocycles. The second-order valence-corrected chi connectivity index (χ2v) is 3.20. The number of aldehydes is 1. The Labute approximate surface area is 72.9 Å². The van der Waals surface area contributed by atoms with Crippen molar-refractivity contribution in [2.24, 2.45) is 0 Å². The van der Waals surface area contributed by atoms with Crippen LogP contribution in [0, 0.1) is 0 Å². The zero-order valence-corrected chi connectivity index (χ0v) is 7.54. The lowest BCUT2D eigenvalue weighted by Gasteiger charge is -2.22. The molecule has 0 fully saturated rings. The summed E-state index contributed by atoms with van der Waals surface area (Å²) in [6.07, 6.45) is 7.99. The number of rotatable bonds is 2. The topological polar surface area (TPSA) is 26.3 Å². The Hall–Kier alpha value is -1.05. The molecule has 0 radical (unpaired) electrons. The van der Waals surface area contributed by atoms with E-state index in [1.807, 2.05) is 19.1 Å². The quantitative estimate of drug-likeness (QED) is 0.464. The van der Waals surface area contributed by atoms with E-state index in [0.29, 0.717) is 12.0 Å². The standard InChI is InChI=1S/C10H14O2/c1-3-10(2)6-4-5-9(7-11)8-12-10/h4,6-8H,3,5H2,1-2H3/t10-/m1/s1. The molecule has 2 heteroatoms. The molecule has 0 N–H and O–H groups in total. The highest BCUT2D eigenvalue weighted by Crippen LogP contribution is 2.21. The smallest absolute Gasteiger partial charge is 0.149 e. The third-order valence-electron chi connectivity index (χ3n) is 2.16. The maximum Gasteiger partial charge on any atom is 0.149 e. The van der Waals surface area contributed by atoms with Gasteiger partial charge in [0.05, 0.1) is 6.26 Å². The predicted octanol–water partition coefficient (Wildman–Crippen LogP) is 2.21. The lowest BCUT2D eigenvalue weighted by atomic mass is 10.0. The van der Waals surface area contributed by atoms with Crippen molar-refractivity contribution < 1.29 is 9.53 Å². The molecule has 0 aromatic heterocycles. The first-order valence-corrected chi connectivity index (χ1v) is 4.20. The number of hydrogen-bond acceptors (Lipinski definition) is 2. The van der Waals surface area contributed by atoms with E-state index < -0.39 is 0 Å². The molecule has 0 aromatic rings. The zero-order valence-electron chi connectivity index (χ0n) is 7.54. The summed E-state index contributed by atoms with van der Waals surface area (Å²) in [5.41, 5.74) is 0.466. The Kier molecular flexibility index (Phi) is 2.69. The minimum atomic E-state index is -0.231. The molecular formula is C10H14O2. The van der Waals surface area contributed by atoms with E-state index in [9.17, 15) is 4.79 Å². The molecule has 1 rings (SSSR count). The van der Waals surface area contributed by atoms with E-state index in [4.69, 9.17) is 4.74 Å². The Balaban J connectivity index is 2.77. The molecule has 0 saturated carbocycles. The van der Waals surface area contributed by atoms with Crippen LogP contribution in [0.2, 0.25) is 0 Å².